The highest BCUT2D eigenvalue weighted by Gasteiger charge is 2.17. The molecule has 7 heteroatoms. The summed E-state index contributed by atoms with van der Waals surface area (Å²) in [5.74, 6) is -0.598. The molecular formula is C21H29ClN4O2. The Morgan fingerprint density at radius 2 is 1.50 bits per heavy atom. The van der Waals surface area contributed by atoms with Gasteiger partial charge in [-0.3, -0.25) is 9.59 Å². The van der Waals surface area contributed by atoms with E-state index >= 15 is 0 Å². The first kappa shape index (κ1) is 23.5. The molecule has 0 saturated heterocycles. The largest absolute Gasteiger partial charge is 0.379 e. The Kier molecular flexibility index (Phi) is 9.48. The molecule has 0 radical (unpaired) electrons. The molecule has 0 aliphatic carbocycles. The fourth-order valence-corrected chi connectivity index (χ4v) is 2.52. The van der Waals surface area contributed by atoms with Crippen LogP contribution >= 0.6 is 12.4 Å². The third-order valence-corrected chi connectivity index (χ3v) is 4.30. The summed E-state index contributed by atoms with van der Waals surface area (Å²) in [6.07, 6.45) is 0. The van der Waals surface area contributed by atoms with Gasteiger partial charge in [0.05, 0.1) is 12.6 Å². The fourth-order valence-electron chi connectivity index (χ4n) is 2.52. The van der Waals surface area contributed by atoms with E-state index in [0.29, 0.717) is 5.69 Å². The number of hydrogen-bond donors (Lipinski definition) is 4. The van der Waals surface area contributed by atoms with Crippen LogP contribution in [0.25, 0.3) is 0 Å². The van der Waals surface area contributed by atoms with Gasteiger partial charge in [0.15, 0.2) is 0 Å². The molecule has 2 aromatic rings. The van der Waals surface area contributed by atoms with Crippen LogP contribution < -0.4 is 21.7 Å². The average Bonchev–Trinajstić information content (AvgIpc) is 2.67. The van der Waals surface area contributed by atoms with Crippen LogP contribution in [0.4, 0.5) is 11.4 Å². The molecule has 0 bridgehead atoms. The molecule has 0 aliphatic heterocycles. The number of carbonyl (C=O) groups is 2. The smallest absolute Gasteiger partial charge is 0.243 e. The van der Waals surface area contributed by atoms with Gasteiger partial charge < -0.3 is 21.7 Å². The van der Waals surface area contributed by atoms with Gasteiger partial charge in [0.25, 0.3) is 0 Å². The van der Waals surface area contributed by atoms with Crippen LogP contribution in [-0.4, -0.2) is 24.4 Å². The zero-order valence-electron chi connectivity index (χ0n) is 16.4. The summed E-state index contributed by atoms with van der Waals surface area (Å²) in [6, 6.07) is 17.2. The minimum atomic E-state index is -0.616. The first-order valence-corrected chi connectivity index (χ1v) is 9.11. The van der Waals surface area contributed by atoms with E-state index in [0.717, 1.165) is 5.69 Å². The van der Waals surface area contributed by atoms with Gasteiger partial charge in [-0.25, -0.2) is 0 Å². The maximum Gasteiger partial charge on any atom is 0.243 e. The minimum absolute atomic E-state index is 0. The van der Waals surface area contributed by atoms with Gasteiger partial charge in [0, 0.05) is 17.4 Å². The molecule has 0 aromatic heterocycles. The lowest BCUT2D eigenvalue weighted by Crippen LogP contribution is -2.46. The van der Waals surface area contributed by atoms with E-state index in [2.05, 4.69) is 35.0 Å². The number of rotatable bonds is 8. The van der Waals surface area contributed by atoms with E-state index in [9.17, 15) is 9.59 Å². The topological polar surface area (TPSA) is 96.2 Å². The SMILES string of the molecule is CC(Nc1ccc(NC(=O)CNC(=O)[C@@H](N)C(C)C)cc1)c1ccccc1.Cl. The number of amides is 2. The second-order valence-corrected chi connectivity index (χ2v) is 6.89. The van der Waals surface area contributed by atoms with Crippen molar-refractivity contribution in [2.75, 3.05) is 17.2 Å². The highest BCUT2D eigenvalue weighted by atomic mass is 35.5. The molecule has 2 aromatic carbocycles. The molecule has 2 amide bonds. The van der Waals surface area contributed by atoms with E-state index in [1.807, 2.05) is 56.3 Å². The Balaban J connectivity index is 0.00000392. The van der Waals surface area contributed by atoms with Crippen molar-refractivity contribution in [2.24, 2.45) is 11.7 Å². The lowest BCUT2D eigenvalue weighted by Gasteiger charge is -2.16. The Hall–Kier alpha value is -2.57. The zero-order valence-corrected chi connectivity index (χ0v) is 17.3. The van der Waals surface area contributed by atoms with E-state index in [1.165, 1.54) is 5.56 Å². The molecule has 28 heavy (non-hydrogen) atoms. The molecule has 5 N–H and O–H groups in total. The first-order chi connectivity index (χ1) is 12.9. The van der Waals surface area contributed by atoms with Gasteiger partial charge in [-0.1, -0.05) is 44.2 Å². The van der Waals surface area contributed by atoms with Crippen molar-refractivity contribution in [1.82, 2.24) is 5.32 Å². The predicted molar refractivity (Wildman–Crippen MR) is 117 cm³/mol. The van der Waals surface area contributed by atoms with Gasteiger partial charge in [-0.05, 0) is 42.7 Å². The quantitative estimate of drug-likeness (QED) is 0.542. The van der Waals surface area contributed by atoms with Crippen molar-refractivity contribution in [3.05, 3.63) is 60.2 Å². The normalized spacial score (nSPS) is 12.5. The van der Waals surface area contributed by atoms with Crippen LogP contribution in [0.3, 0.4) is 0 Å². The minimum Gasteiger partial charge on any atom is -0.379 e. The van der Waals surface area contributed by atoms with Crippen LogP contribution in [0.15, 0.2) is 54.6 Å². The van der Waals surface area contributed by atoms with E-state index < -0.39 is 6.04 Å². The molecule has 0 heterocycles. The molecule has 2 atom stereocenters. The molecule has 0 fully saturated rings. The summed E-state index contributed by atoms with van der Waals surface area (Å²) >= 11 is 0. The number of benzene rings is 2. The summed E-state index contributed by atoms with van der Waals surface area (Å²) in [7, 11) is 0. The average molecular weight is 405 g/mol. The number of anilines is 2. The summed E-state index contributed by atoms with van der Waals surface area (Å²) in [4.78, 5) is 23.8. The van der Waals surface area contributed by atoms with Crippen LogP contribution in [0.1, 0.15) is 32.4 Å². The Morgan fingerprint density at radius 1 is 0.929 bits per heavy atom. The maximum absolute atomic E-state index is 12.0. The van der Waals surface area contributed by atoms with Gasteiger partial charge in [-0.15, -0.1) is 12.4 Å². The monoisotopic (exact) mass is 404 g/mol. The van der Waals surface area contributed by atoms with Gasteiger partial charge in [0.1, 0.15) is 0 Å². The first-order valence-electron chi connectivity index (χ1n) is 9.11. The molecule has 1 unspecified atom stereocenters. The number of halogens is 1. The maximum atomic E-state index is 12.0. The van der Waals surface area contributed by atoms with E-state index in [4.69, 9.17) is 5.73 Å². The van der Waals surface area contributed by atoms with E-state index in [-0.39, 0.29) is 42.7 Å². The zero-order chi connectivity index (χ0) is 19.8. The van der Waals surface area contributed by atoms with Crippen molar-refractivity contribution in [2.45, 2.75) is 32.9 Å². The Bertz CT molecular complexity index is 751. The molecule has 6 nitrogen and oxygen atoms in total. The third-order valence-electron chi connectivity index (χ3n) is 4.30. The molecule has 0 spiro atoms. The van der Waals surface area contributed by atoms with Crippen LogP contribution in [0, 0.1) is 5.92 Å². The van der Waals surface area contributed by atoms with Crippen molar-refractivity contribution >= 4 is 35.6 Å². The van der Waals surface area contributed by atoms with E-state index in [1.54, 1.807) is 0 Å². The highest BCUT2D eigenvalue weighted by Crippen LogP contribution is 2.20. The van der Waals surface area contributed by atoms with Crippen molar-refractivity contribution in [3.63, 3.8) is 0 Å². The lowest BCUT2D eigenvalue weighted by atomic mass is 10.1. The number of nitrogens with one attached hydrogen (secondary N) is 3. The second kappa shape index (κ2) is 11.3. The van der Waals surface area contributed by atoms with Crippen LogP contribution in [0.5, 0.6) is 0 Å². The van der Waals surface area contributed by atoms with Crippen LogP contribution in [0.2, 0.25) is 0 Å². The standard InChI is InChI=1S/C21H28N4O2.ClH/c1-14(2)20(22)21(27)23-13-19(26)25-18-11-9-17(10-12-18)24-15(3)16-7-5-4-6-8-16;/h4-12,14-15,20,24H,13,22H2,1-3H3,(H,23,27)(H,25,26);1H/t15?,20-;/m0./s1. The molecule has 0 saturated carbocycles. The number of hydrogen-bond acceptors (Lipinski definition) is 4. The Labute approximate surface area is 172 Å². The lowest BCUT2D eigenvalue weighted by molar-refractivity contribution is -0.125. The van der Waals surface area contributed by atoms with Crippen LogP contribution in [-0.2, 0) is 9.59 Å². The van der Waals surface area contributed by atoms with Gasteiger partial charge in [0.2, 0.25) is 11.8 Å². The predicted octanol–water partition coefficient (Wildman–Crippen LogP) is 3.32. The molecular weight excluding hydrogens is 376 g/mol. The number of nitrogens with two attached hydrogens (primary N) is 1. The summed E-state index contributed by atoms with van der Waals surface area (Å²) in [5, 5.41) is 8.72. The highest BCUT2D eigenvalue weighted by molar-refractivity contribution is 5.95. The van der Waals surface area contributed by atoms with Crippen molar-refractivity contribution < 1.29 is 9.59 Å². The van der Waals surface area contributed by atoms with Crippen molar-refractivity contribution in [1.29, 1.82) is 0 Å². The molecule has 0 aliphatic rings. The number of carbonyl (C=O) groups excluding carboxylic acids is 2. The summed E-state index contributed by atoms with van der Waals surface area (Å²) in [6.45, 7) is 5.71. The summed E-state index contributed by atoms with van der Waals surface area (Å²) < 4.78 is 0. The van der Waals surface area contributed by atoms with Crippen molar-refractivity contribution in [3.8, 4) is 0 Å². The Morgan fingerprint density at radius 3 is 2.07 bits per heavy atom. The second-order valence-electron chi connectivity index (χ2n) is 6.89. The van der Waals surface area contributed by atoms with Gasteiger partial charge >= 0.3 is 0 Å². The summed E-state index contributed by atoms with van der Waals surface area (Å²) in [5.41, 5.74) is 8.57. The van der Waals surface area contributed by atoms with Gasteiger partial charge in [-0.2, -0.15) is 0 Å². The molecule has 152 valence electrons. The molecule has 2 rings (SSSR count). The third kappa shape index (κ3) is 7.21. The fraction of sp³-hybridized carbons (Fsp3) is 0.333.